The van der Waals surface area contributed by atoms with Gasteiger partial charge in [0.05, 0.1) is 24.1 Å². The molecular formula is C21H26N6O3S. The molecule has 1 aliphatic rings. The van der Waals surface area contributed by atoms with Crippen LogP contribution in [0.5, 0.6) is 0 Å². The quantitative estimate of drug-likeness (QED) is 0.624. The number of pyridine rings is 1. The van der Waals surface area contributed by atoms with E-state index in [1.807, 2.05) is 42.2 Å². The lowest BCUT2D eigenvalue weighted by Crippen LogP contribution is -2.56. The van der Waals surface area contributed by atoms with Gasteiger partial charge in [0.15, 0.2) is 5.03 Å². The zero-order chi connectivity index (χ0) is 22.0. The van der Waals surface area contributed by atoms with Crippen LogP contribution in [0.4, 0.5) is 5.69 Å². The summed E-state index contributed by atoms with van der Waals surface area (Å²) >= 11 is 0. The highest BCUT2D eigenvalue weighted by molar-refractivity contribution is 7.89. The molecular weight excluding hydrogens is 416 g/mol. The molecule has 0 saturated carbocycles. The third-order valence-corrected chi connectivity index (χ3v) is 7.36. The number of nitrogens with zero attached hydrogens (tertiary/aromatic N) is 5. The zero-order valence-electron chi connectivity index (χ0n) is 17.6. The maximum Gasteiger partial charge on any atom is 0.262 e. The molecule has 2 aromatic heterocycles. The fraction of sp³-hybridized carbons (Fsp3) is 0.381. The molecule has 10 heteroatoms. The van der Waals surface area contributed by atoms with E-state index in [9.17, 15) is 13.2 Å². The van der Waals surface area contributed by atoms with Gasteiger partial charge in [-0.3, -0.25) is 14.7 Å². The molecule has 1 aromatic carbocycles. The number of fused-ring (bicyclic) bond motifs is 1. The fourth-order valence-corrected chi connectivity index (χ4v) is 5.59. The van der Waals surface area contributed by atoms with Crippen LogP contribution in [0.3, 0.4) is 0 Å². The van der Waals surface area contributed by atoms with Crippen molar-refractivity contribution in [1.29, 1.82) is 0 Å². The summed E-state index contributed by atoms with van der Waals surface area (Å²) < 4.78 is 29.2. The first-order valence-electron chi connectivity index (χ1n) is 10.2. The molecule has 0 radical (unpaired) electrons. The van der Waals surface area contributed by atoms with Gasteiger partial charge >= 0.3 is 0 Å². The Bertz CT molecular complexity index is 1190. The van der Waals surface area contributed by atoms with E-state index in [1.54, 1.807) is 17.8 Å². The highest BCUT2D eigenvalue weighted by Gasteiger charge is 2.36. The van der Waals surface area contributed by atoms with Gasteiger partial charge < -0.3 is 9.88 Å². The van der Waals surface area contributed by atoms with Crippen molar-refractivity contribution in [3.8, 4) is 0 Å². The molecule has 164 valence electrons. The monoisotopic (exact) mass is 442 g/mol. The molecule has 0 unspecified atom stereocenters. The number of aryl methyl sites for hydroxylation is 1. The lowest BCUT2D eigenvalue weighted by atomic mass is 10.1. The number of hydrogen-bond donors (Lipinski definition) is 1. The number of benzene rings is 1. The summed E-state index contributed by atoms with van der Waals surface area (Å²) in [5, 5.41) is 3.91. The number of aromatic nitrogens is 3. The second-order valence-corrected chi connectivity index (χ2v) is 9.55. The zero-order valence-corrected chi connectivity index (χ0v) is 18.4. The topological polar surface area (TPSA) is 100 Å². The van der Waals surface area contributed by atoms with E-state index in [1.165, 1.54) is 16.8 Å². The molecule has 9 nitrogen and oxygen atoms in total. The van der Waals surface area contributed by atoms with Crippen molar-refractivity contribution in [2.75, 3.05) is 31.5 Å². The second-order valence-electron chi connectivity index (χ2n) is 7.71. The summed E-state index contributed by atoms with van der Waals surface area (Å²) in [6, 6.07) is 9.17. The van der Waals surface area contributed by atoms with Crippen LogP contribution in [-0.4, -0.2) is 70.3 Å². The highest BCUT2D eigenvalue weighted by Crippen LogP contribution is 2.23. The Morgan fingerprint density at radius 2 is 2.03 bits per heavy atom. The van der Waals surface area contributed by atoms with E-state index in [0.29, 0.717) is 26.1 Å². The van der Waals surface area contributed by atoms with Crippen molar-refractivity contribution in [2.24, 2.45) is 7.05 Å². The number of hydrogen-bond acceptors (Lipinski definition) is 6. The second kappa shape index (κ2) is 8.74. The van der Waals surface area contributed by atoms with E-state index in [2.05, 4.69) is 15.3 Å². The van der Waals surface area contributed by atoms with Gasteiger partial charge in [-0.2, -0.15) is 4.31 Å². The van der Waals surface area contributed by atoms with Crippen LogP contribution in [0.1, 0.15) is 13.3 Å². The van der Waals surface area contributed by atoms with Gasteiger partial charge in [0.2, 0.25) is 5.91 Å². The largest absolute Gasteiger partial charge is 0.339 e. The molecule has 0 aliphatic carbocycles. The number of carbonyl (C=O) groups is 1. The summed E-state index contributed by atoms with van der Waals surface area (Å²) in [5.74, 6) is -0.132. The predicted molar refractivity (Wildman–Crippen MR) is 118 cm³/mol. The number of sulfonamides is 1. The van der Waals surface area contributed by atoms with Crippen LogP contribution in [0.2, 0.25) is 0 Å². The maximum absolute atomic E-state index is 13.0. The Hall–Kier alpha value is -2.82. The number of nitrogens with one attached hydrogen (secondary N) is 1. The van der Waals surface area contributed by atoms with Crippen molar-refractivity contribution >= 4 is 32.5 Å². The average Bonchev–Trinajstić information content (AvgIpc) is 3.21. The molecule has 0 spiro atoms. The minimum atomic E-state index is -3.66. The lowest BCUT2D eigenvalue weighted by molar-refractivity contribution is -0.117. The van der Waals surface area contributed by atoms with Crippen LogP contribution < -0.4 is 5.32 Å². The average molecular weight is 443 g/mol. The predicted octanol–water partition coefficient (Wildman–Crippen LogP) is 1.69. The third-order valence-electron chi connectivity index (χ3n) is 5.53. The minimum absolute atomic E-state index is 0.0595. The molecule has 1 atom stereocenters. The molecule has 1 saturated heterocycles. The van der Waals surface area contributed by atoms with E-state index < -0.39 is 10.0 Å². The van der Waals surface area contributed by atoms with Gasteiger partial charge in [0, 0.05) is 50.5 Å². The number of anilines is 1. The molecule has 1 amide bonds. The first-order valence-corrected chi connectivity index (χ1v) is 11.7. The Labute approximate surface area is 181 Å². The number of carbonyl (C=O) groups excluding carboxylic acids is 1. The SMILES string of the molecule is CC[C@@H]1CN(CC(=O)Nc2cccc3ncccc23)CCN1S(=O)(=O)c1cn(C)cn1. The Kier molecular flexibility index (Phi) is 6.03. The van der Waals surface area contributed by atoms with Gasteiger partial charge in [-0.1, -0.05) is 13.0 Å². The van der Waals surface area contributed by atoms with Crippen LogP contribution in [-0.2, 0) is 21.9 Å². The van der Waals surface area contributed by atoms with Crippen molar-refractivity contribution < 1.29 is 13.2 Å². The maximum atomic E-state index is 13.0. The van der Waals surface area contributed by atoms with E-state index in [4.69, 9.17) is 0 Å². The number of piperazine rings is 1. The van der Waals surface area contributed by atoms with E-state index >= 15 is 0 Å². The standard InChI is InChI=1S/C21H26N6O3S/c1-3-16-12-26(10-11-27(16)31(29,30)21-14-25(2)15-23-21)13-20(28)24-19-8-4-7-18-17(19)6-5-9-22-18/h4-9,14-16H,3,10-13H2,1-2H3,(H,24,28)/t16-/m1/s1. The Morgan fingerprint density at radius 3 is 2.77 bits per heavy atom. The van der Waals surface area contributed by atoms with Crippen molar-refractivity contribution in [1.82, 2.24) is 23.7 Å². The van der Waals surface area contributed by atoms with E-state index in [0.717, 1.165) is 16.6 Å². The summed E-state index contributed by atoms with van der Waals surface area (Å²) in [6.07, 6.45) is 5.37. The smallest absolute Gasteiger partial charge is 0.262 e. The Balaban J connectivity index is 1.42. The summed E-state index contributed by atoms with van der Waals surface area (Å²) in [6.45, 7) is 3.45. The molecule has 1 fully saturated rings. The van der Waals surface area contributed by atoms with Crippen LogP contribution in [0, 0.1) is 0 Å². The molecule has 31 heavy (non-hydrogen) atoms. The molecule has 3 aromatic rings. The molecule has 1 N–H and O–H groups in total. The molecule has 4 rings (SSSR count). The van der Waals surface area contributed by atoms with Crippen LogP contribution >= 0.6 is 0 Å². The number of imidazole rings is 1. The molecule has 0 bridgehead atoms. The lowest BCUT2D eigenvalue weighted by Gasteiger charge is -2.39. The summed E-state index contributed by atoms with van der Waals surface area (Å²) in [4.78, 5) is 23.0. The van der Waals surface area contributed by atoms with Crippen LogP contribution in [0.25, 0.3) is 10.9 Å². The van der Waals surface area contributed by atoms with Gasteiger partial charge in [-0.05, 0) is 30.7 Å². The van der Waals surface area contributed by atoms with E-state index in [-0.39, 0.29) is 23.5 Å². The van der Waals surface area contributed by atoms with Gasteiger partial charge in [0.1, 0.15) is 0 Å². The van der Waals surface area contributed by atoms with Gasteiger partial charge in [0.25, 0.3) is 10.0 Å². The first kappa shape index (κ1) is 21.4. The van der Waals surface area contributed by atoms with Crippen molar-refractivity contribution in [3.05, 3.63) is 49.1 Å². The van der Waals surface area contributed by atoms with Gasteiger partial charge in [-0.25, -0.2) is 13.4 Å². The van der Waals surface area contributed by atoms with Crippen LogP contribution in [0.15, 0.2) is 54.1 Å². The molecule has 1 aliphatic heterocycles. The minimum Gasteiger partial charge on any atom is -0.339 e. The highest BCUT2D eigenvalue weighted by atomic mass is 32.2. The fourth-order valence-electron chi connectivity index (χ4n) is 3.94. The third kappa shape index (κ3) is 4.46. The van der Waals surface area contributed by atoms with Crippen molar-refractivity contribution in [3.63, 3.8) is 0 Å². The number of rotatable bonds is 6. The van der Waals surface area contributed by atoms with Gasteiger partial charge in [-0.15, -0.1) is 0 Å². The normalized spacial score (nSPS) is 18.3. The number of amides is 1. The summed E-state index contributed by atoms with van der Waals surface area (Å²) in [7, 11) is -1.92. The summed E-state index contributed by atoms with van der Waals surface area (Å²) in [5.41, 5.74) is 1.54. The first-order chi connectivity index (χ1) is 14.9. The Morgan fingerprint density at radius 1 is 1.19 bits per heavy atom. The van der Waals surface area contributed by atoms with Crippen molar-refractivity contribution in [2.45, 2.75) is 24.4 Å². The molecule has 3 heterocycles.